The number of likely N-dealkylation sites (tertiary alicyclic amines) is 1. The van der Waals surface area contributed by atoms with Crippen LogP contribution in [-0.2, 0) is 0 Å². The van der Waals surface area contributed by atoms with Crippen molar-refractivity contribution in [1.82, 2.24) is 19.8 Å². The van der Waals surface area contributed by atoms with Gasteiger partial charge in [-0.1, -0.05) is 0 Å². The molecule has 1 aliphatic carbocycles. The summed E-state index contributed by atoms with van der Waals surface area (Å²) in [5.41, 5.74) is 1.31. The number of aryl methyl sites for hydroxylation is 1. The van der Waals surface area contributed by atoms with E-state index in [9.17, 15) is 4.79 Å². The van der Waals surface area contributed by atoms with E-state index < -0.39 is 0 Å². The van der Waals surface area contributed by atoms with Gasteiger partial charge < -0.3 is 15.1 Å². The SMILES string of the molecule is CNc1nc(C)cc(C(=O)N2CCC(CN(C)CC3CC3)C2)n1. The van der Waals surface area contributed by atoms with E-state index in [2.05, 4.69) is 27.2 Å². The van der Waals surface area contributed by atoms with Gasteiger partial charge in [0.1, 0.15) is 5.69 Å². The van der Waals surface area contributed by atoms with Gasteiger partial charge in [0.15, 0.2) is 0 Å². The molecule has 2 heterocycles. The molecule has 1 amide bonds. The van der Waals surface area contributed by atoms with E-state index in [0.717, 1.165) is 37.7 Å². The first-order valence-electron chi connectivity index (χ1n) is 8.56. The van der Waals surface area contributed by atoms with Crippen LogP contribution in [-0.4, -0.2) is 65.9 Å². The molecule has 1 aromatic rings. The van der Waals surface area contributed by atoms with Gasteiger partial charge in [-0.05, 0) is 51.1 Å². The lowest BCUT2D eigenvalue weighted by atomic mass is 10.1. The minimum Gasteiger partial charge on any atom is -0.357 e. The average Bonchev–Trinajstić information content (AvgIpc) is 3.21. The first-order valence-corrected chi connectivity index (χ1v) is 8.56. The van der Waals surface area contributed by atoms with Gasteiger partial charge in [-0.3, -0.25) is 4.79 Å². The molecule has 1 saturated heterocycles. The van der Waals surface area contributed by atoms with E-state index in [4.69, 9.17) is 0 Å². The Morgan fingerprint density at radius 2 is 2.04 bits per heavy atom. The molecule has 1 aromatic heterocycles. The van der Waals surface area contributed by atoms with E-state index in [1.165, 1.54) is 19.4 Å². The monoisotopic (exact) mass is 317 g/mol. The third-order valence-electron chi connectivity index (χ3n) is 4.71. The Bertz CT molecular complexity index is 572. The fourth-order valence-corrected chi connectivity index (χ4v) is 3.37. The lowest BCUT2D eigenvalue weighted by Gasteiger charge is -2.21. The second-order valence-corrected chi connectivity index (χ2v) is 7.04. The molecule has 2 aliphatic rings. The summed E-state index contributed by atoms with van der Waals surface area (Å²) < 4.78 is 0. The fraction of sp³-hybridized carbons (Fsp3) is 0.706. The van der Waals surface area contributed by atoms with Crippen molar-refractivity contribution < 1.29 is 4.79 Å². The lowest BCUT2D eigenvalue weighted by molar-refractivity contribution is 0.0778. The van der Waals surface area contributed by atoms with E-state index in [-0.39, 0.29) is 5.91 Å². The van der Waals surface area contributed by atoms with Crippen molar-refractivity contribution in [3.8, 4) is 0 Å². The number of rotatable bonds is 6. The normalized spacial score (nSPS) is 21.0. The Labute approximate surface area is 138 Å². The molecule has 0 aromatic carbocycles. The molecular formula is C17H27N5O. The molecule has 6 heteroatoms. The highest BCUT2D eigenvalue weighted by molar-refractivity contribution is 5.92. The Morgan fingerprint density at radius 3 is 2.74 bits per heavy atom. The van der Waals surface area contributed by atoms with E-state index in [1.807, 2.05) is 11.8 Å². The van der Waals surface area contributed by atoms with Crippen LogP contribution in [0.5, 0.6) is 0 Å². The number of nitrogens with one attached hydrogen (secondary N) is 1. The fourth-order valence-electron chi connectivity index (χ4n) is 3.37. The highest BCUT2D eigenvalue weighted by Crippen LogP contribution is 2.30. The molecule has 3 rings (SSSR count). The molecule has 0 radical (unpaired) electrons. The minimum atomic E-state index is 0.0272. The maximum absolute atomic E-state index is 12.7. The topological polar surface area (TPSA) is 61.4 Å². The van der Waals surface area contributed by atoms with Crippen molar-refractivity contribution in [2.24, 2.45) is 11.8 Å². The molecule has 126 valence electrons. The minimum absolute atomic E-state index is 0.0272. The summed E-state index contributed by atoms with van der Waals surface area (Å²) in [7, 11) is 3.97. The van der Waals surface area contributed by atoms with Crippen LogP contribution in [0.25, 0.3) is 0 Å². The van der Waals surface area contributed by atoms with Crippen LogP contribution in [0, 0.1) is 18.8 Å². The molecule has 23 heavy (non-hydrogen) atoms. The van der Waals surface area contributed by atoms with E-state index in [1.54, 1.807) is 13.1 Å². The first-order chi connectivity index (χ1) is 11.0. The number of hydrogen-bond donors (Lipinski definition) is 1. The predicted molar refractivity (Wildman–Crippen MR) is 90.5 cm³/mol. The maximum atomic E-state index is 12.7. The zero-order valence-corrected chi connectivity index (χ0v) is 14.4. The quantitative estimate of drug-likeness (QED) is 0.864. The number of carbonyl (C=O) groups excluding carboxylic acids is 1. The Hall–Kier alpha value is -1.69. The third-order valence-corrected chi connectivity index (χ3v) is 4.71. The molecule has 1 N–H and O–H groups in total. The van der Waals surface area contributed by atoms with Gasteiger partial charge >= 0.3 is 0 Å². The lowest BCUT2D eigenvalue weighted by Crippen LogP contribution is -2.32. The van der Waals surface area contributed by atoms with Gasteiger partial charge in [-0.25, -0.2) is 9.97 Å². The van der Waals surface area contributed by atoms with Crippen molar-refractivity contribution in [3.63, 3.8) is 0 Å². The molecule has 2 fully saturated rings. The Kier molecular flexibility index (Phi) is 4.80. The van der Waals surface area contributed by atoms with Crippen molar-refractivity contribution in [2.45, 2.75) is 26.2 Å². The summed E-state index contributed by atoms with van der Waals surface area (Å²) in [4.78, 5) is 25.6. The first kappa shape index (κ1) is 16.2. The molecule has 1 saturated carbocycles. The smallest absolute Gasteiger partial charge is 0.272 e. The Balaban J connectivity index is 1.57. The number of amides is 1. The van der Waals surface area contributed by atoms with Crippen LogP contribution in [0.3, 0.4) is 0 Å². The van der Waals surface area contributed by atoms with Gasteiger partial charge in [0.2, 0.25) is 5.95 Å². The summed E-state index contributed by atoms with van der Waals surface area (Å²) in [6, 6.07) is 1.77. The molecule has 6 nitrogen and oxygen atoms in total. The van der Waals surface area contributed by atoms with Crippen molar-refractivity contribution >= 4 is 11.9 Å². The van der Waals surface area contributed by atoms with E-state index in [0.29, 0.717) is 17.6 Å². The Morgan fingerprint density at radius 1 is 1.30 bits per heavy atom. The second kappa shape index (κ2) is 6.83. The summed E-state index contributed by atoms with van der Waals surface area (Å²) >= 11 is 0. The summed E-state index contributed by atoms with van der Waals surface area (Å²) in [5, 5.41) is 2.91. The largest absolute Gasteiger partial charge is 0.357 e. The molecular weight excluding hydrogens is 290 g/mol. The number of aromatic nitrogens is 2. The summed E-state index contributed by atoms with van der Waals surface area (Å²) in [6.45, 7) is 5.86. The maximum Gasteiger partial charge on any atom is 0.272 e. The van der Waals surface area contributed by atoms with Crippen LogP contribution in [0.2, 0.25) is 0 Å². The van der Waals surface area contributed by atoms with Crippen LogP contribution >= 0.6 is 0 Å². The van der Waals surface area contributed by atoms with Crippen LogP contribution in [0.15, 0.2) is 6.07 Å². The van der Waals surface area contributed by atoms with Crippen LogP contribution in [0.4, 0.5) is 5.95 Å². The summed E-state index contributed by atoms with van der Waals surface area (Å²) in [6.07, 6.45) is 3.87. The van der Waals surface area contributed by atoms with Crippen molar-refractivity contribution in [1.29, 1.82) is 0 Å². The zero-order valence-electron chi connectivity index (χ0n) is 14.4. The van der Waals surface area contributed by atoms with Gasteiger partial charge in [-0.2, -0.15) is 0 Å². The number of hydrogen-bond acceptors (Lipinski definition) is 5. The number of carbonyl (C=O) groups is 1. The van der Waals surface area contributed by atoms with Gasteiger partial charge in [-0.15, -0.1) is 0 Å². The highest BCUT2D eigenvalue weighted by Gasteiger charge is 2.30. The molecule has 0 spiro atoms. The number of anilines is 1. The van der Waals surface area contributed by atoms with Gasteiger partial charge in [0, 0.05) is 38.9 Å². The molecule has 1 atom stereocenters. The zero-order chi connectivity index (χ0) is 16.4. The average molecular weight is 317 g/mol. The predicted octanol–water partition coefficient (Wildman–Crippen LogP) is 1.63. The molecule has 1 unspecified atom stereocenters. The van der Waals surface area contributed by atoms with Crippen molar-refractivity contribution in [3.05, 3.63) is 17.5 Å². The van der Waals surface area contributed by atoms with Crippen molar-refractivity contribution in [2.75, 3.05) is 45.6 Å². The second-order valence-electron chi connectivity index (χ2n) is 7.04. The van der Waals surface area contributed by atoms with Crippen LogP contribution in [0.1, 0.15) is 35.4 Å². The van der Waals surface area contributed by atoms with Gasteiger partial charge in [0.25, 0.3) is 5.91 Å². The highest BCUT2D eigenvalue weighted by atomic mass is 16.2. The summed E-state index contributed by atoms with van der Waals surface area (Å²) in [5.74, 6) is 2.03. The number of nitrogens with zero attached hydrogens (tertiary/aromatic N) is 4. The molecule has 0 bridgehead atoms. The standard InChI is InChI=1S/C17H27N5O/c1-12-8-15(20-17(18-2)19-12)16(23)22-7-6-14(11-22)10-21(3)9-13-4-5-13/h8,13-14H,4-7,9-11H2,1-3H3,(H,18,19,20). The van der Waals surface area contributed by atoms with E-state index >= 15 is 0 Å². The third kappa shape index (κ3) is 4.19. The molecule has 1 aliphatic heterocycles. The van der Waals surface area contributed by atoms with Crippen LogP contribution < -0.4 is 5.32 Å². The van der Waals surface area contributed by atoms with Gasteiger partial charge in [0.05, 0.1) is 0 Å².